The van der Waals surface area contributed by atoms with Gasteiger partial charge in [-0.2, -0.15) is 12.6 Å². The van der Waals surface area contributed by atoms with E-state index >= 15 is 0 Å². The molecule has 1 atom stereocenters. The zero-order valence-corrected chi connectivity index (χ0v) is 8.87. The second kappa shape index (κ2) is 3.98. The van der Waals surface area contributed by atoms with Crippen LogP contribution in [-0.2, 0) is 11.2 Å². The fraction of sp³-hybridized carbons (Fsp3) is 0.182. The van der Waals surface area contributed by atoms with Crippen LogP contribution in [0.1, 0.15) is 5.56 Å². The van der Waals surface area contributed by atoms with E-state index in [2.05, 4.69) is 17.6 Å². The van der Waals surface area contributed by atoms with Gasteiger partial charge in [-0.25, -0.2) is 0 Å². The molecule has 1 aromatic heterocycles. The maximum Gasteiger partial charge on any atom is 0.316 e. The summed E-state index contributed by atoms with van der Waals surface area (Å²) >= 11 is 4.02. The Morgan fingerprint density at radius 3 is 2.93 bits per heavy atom. The third-order valence-electron chi connectivity index (χ3n) is 2.37. The molecule has 1 aromatic carbocycles. The highest BCUT2D eigenvalue weighted by atomic mass is 32.1. The van der Waals surface area contributed by atoms with Crippen molar-refractivity contribution >= 4 is 29.5 Å². The number of H-pyrrole nitrogens is 1. The summed E-state index contributed by atoms with van der Waals surface area (Å²) in [6.07, 6.45) is 2.28. The molecule has 0 amide bonds. The predicted molar refractivity (Wildman–Crippen MR) is 62.4 cm³/mol. The van der Waals surface area contributed by atoms with E-state index in [1.165, 1.54) is 0 Å². The third kappa shape index (κ3) is 1.99. The highest BCUT2D eigenvalue weighted by Gasteiger charge is 2.14. The molecule has 0 fully saturated rings. The molecule has 0 radical (unpaired) electrons. The highest BCUT2D eigenvalue weighted by molar-refractivity contribution is 7.81. The van der Waals surface area contributed by atoms with E-state index in [9.17, 15) is 4.79 Å². The minimum absolute atomic E-state index is 0.433. The third-order valence-corrected chi connectivity index (χ3v) is 2.78. The fourth-order valence-electron chi connectivity index (χ4n) is 1.60. The van der Waals surface area contributed by atoms with Crippen LogP contribution in [0.5, 0.6) is 0 Å². The van der Waals surface area contributed by atoms with Crippen molar-refractivity contribution in [2.24, 2.45) is 0 Å². The number of benzene rings is 1. The Bertz CT molecular complexity index is 492. The molecular weight excluding hydrogens is 210 g/mol. The lowest BCUT2D eigenvalue weighted by Crippen LogP contribution is -2.15. The first-order valence-corrected chi connectivity index (χ1v) is 5.16. The number of aromatic nitrogens is 1. The van der Waals surface area contributed by atoms with E-state index < -0.39 is 11.2 Å². The monoisotopic (exact) mass is 221 g/mol. The van der Waals surface area contributed by atoms with Crippen LogP contribution in [0.15, 0.2) is 30.5 Å². The molecule has 1 heterocycles. The van der Waals surface area contributed by atoms with Gasteiger partial charge in [0.05, 0.1) is 0 Å². The number of rotatable bonds is 3. The molecule has 1 unspecified atom stereocenters. The Morgan fingerprint density at radius 1 is 1.47 bits per heavy atom. The molecule has 0 spiro atoms. The van der Waals surface area contributed by atoms with Crippen molar-refractivity contribution in [3.05, 3.63) is 36.0 Å². The Labute approximate surface area is 92.5 Å². The standard InChI is InChI=1S/C11H11NO2S/c13-11(14)10(15)5-7-6-12-9-4-2-1-3-8(7)9/h1-4,6,10,12,15H,5H2,(H,13,14). The van der Waals surface area contributed by atoms with Gasteiger partial charge >= 0.3 is 5.97 Å². The van der Waals surface area contributed by atoms with Gasteiger partial charge in [0.15, 0.2) is 0 Å². The van der Waals surface area contributed by atoms with Crippen molar-refractivity contribution in [1.82, 2.24) is 4.98 Å². The largest absolute Gasteiger partial charge is 0.480 e. The van der Waals surface area contributed by atoms with Gasteiger partial charge in [-0.1, -0.05) is 18.2 Å². The molecule has 0 aliphatic carbocycles. The van der Waals surface area contributed by atoms with Crippen LogP contribution in [0.3, 0.4) is 0 Å². The van der Waals surface area contributed by atoms with Crippen molar-refractivity contribution in [1.29, 1.82) is 0 Å². The van der Waals surface area contributed by atoms with Gasteiger partial charge < -0.3 is 10.1 Å². The smallest absolute Gasteiger partial charge is 0.316 e. The first-order valence-electron chi connectivity index (χ1n) is 4.64. The number of hydrogen-bond donors (Lipinski definition) is 3. The van der Waals surface area contributed by atoms with Gasteiger partial charge in [0.25, 0.3) is 0 Å². The lowest BCUT2D eigenvalue weighted by molar-refractivity contribution is -0.136. The molecule has 2 aromatic rings. The van der Waals surface area contributed by atoms with E-state index in [0.29, 0.717) is 6.42 Å². The number of carboxylic acids is 1. The maximum absolute atomic E-state index is 10.7. The summed E-state index contributed by atoms with van der Waals surface area (Å²) in [5, 5.41) is 9.18. The average Bonchev–Trinajstić information content (AvgIpc) is 2.62. The SMILES string of the molecule is O=C(O)C(S)Cc1c[nH]c2ccccc12. The summed E-state index contributed by atoms with van der Waals surface area (Å²) in [7, 11) is 0. The van der Waals surface area contributed by atoms with Crippen LogP contribution in [-0.4, -0.2) is 21.3 Å². The van der Waals surface area contributed by atoms with Crippen LogP contribution in [0.25, 0.3) is 10.9 Å². The van der Waals surface area contributed by atoms with Crippen molar-refractivity contribution in [3.63, 3.8) is 0 Å². The van der Waals surface area contributed by atoms with Crippen LogP contribution < -0.4 is 0 Å². The molecule has 0 aliphatic rings. The quantitative estimate of drug-likeness (QED) is 0.695. The minimum Gasteiger partial charge on any atom is -0.480 e. The first kappa shape index (κ1) is 10.1. The topological polar surface area (TPSA) is 53.1 Å². The second-order valence-electron chi connectivity index (χ2n) is 3.42. The van der Waals surface area contributed by atoms with Crippen LogP contribution in [0, 0.1) is 0 Å². The number of para-hydroxylation sites is 1. The van der Waals surface area contributed by atoms with Crippen LogP contribution in [0.2, 0.25) is 0 Å². The number of carboxylic acid groups (broad SMARTS) is 1. The molecule has 0 saturated carbocycles. The Morgan fingerprint density at radius 2 is 2.20 bits per heavy atom. The summed E-state index contributed by atoms with van der Waals surface area (Å²) in [4.78, 5) is 13.8. The molecule has 0 aliphatic heterocycles. The summed E-state index contributed by atoms with van der Waals surface area (Å²) in [6.45, 7) is 0. The lowest BCUT2D eigenvalue weighted by atomic mass is 10.1. The van der Waals surface area contributed by atoms with Gasteiger partial charge in [0.1, 0.15) is 5.25 Å². The average molecular weight is 221 g/mol. The van der Waals surface area contributed by atoms with Crippen LogP contribution in [0.4, 0.5) is 0 Å². The zero-order chi connectivity index (χ0) is 10.8. The summed E-state index contributed by atoms with van der Waals surface area (Å²) < 4.78 is 0. The van der Waals surface area contributed by atoms with Gasteiger partial charge in [0, 0.05) is 17.1 Å². The number of hydrogen-bond acceptors (Lipinski definition) is 2. The van der Waals surface area contributed by atoms with Crippen molar-refractivity contribution in [2.45, 2.75) is 11.7 Å². The predicted octanol–water partition coefficient (Wildman–Crippen LogP) is 2.09. The zero-order valence-electron chi connectivity index (χ0n) is 7.97. The van der Waals surface area contributed by atoms with E-state index in [1.807, 2.05) is 30.5 Å². The molecule has 15 heavy (non-hydrogen) atoms. The molecule has 3 nitrogen and oxygen atoms in total. The molecule has 2 N–H and O–H groups in total. The molecule has 78 valence electrons. The van der Waals surface area contributed by atoms with Crippen LogP contribution >= 0.6 is 12.6 Å². The number of thiol groups is 1. The number of aromatic amines is 1. The molecule has 0 saturated heterocycles. The molecule has 4 heteroatoms. The van der Waals surface area contributed by atoms with E-state index in [-0.39, 0.29) is 0 Å². The summed E-state index contributed by atoms with van der Waals surface area (Å²) in [5.41, 5.74) is 2.02. The highest BCUT2D eigenvalue weighted by Crippen LogP contribution is 2.20. The van der Waals surface area contributed by atoms with E-state index in [4.69, 9.17) is 5.11 Å². The number of aliphatic carboxylic acids is 1. The Hall–Kier alpha value is -1.42. The fourth-order valence-corrected chi connectivity index (χ4v) is 1.79. The number of nitrogens with one attached hydrogen (secondary N) is 1. The molecule has 0 bridgehead atoms. The Balaban J connectivity index is 2.32. The van der Waals surface area contributed by atoms with Crippen molar-refractivity contribution in [3.8, 4) is 0 Å². The van der Waals surface area contributed by atoms with E-state index in [1.54, 1.807) is 0 Å². The van der Waals surface area contributed by atoms with E-state index in [0.717, 1.165) is 16.5 Å². The number of fused-ring (bicyclic) bond motifs is 1. The maximum atomic E-state index is 10.7. The minimum atomic E-state index is -0.886. The first-order chi connectivity index (χ1) is 7.18. The van der Waals surface area contributed by atoms with Gasteiger partial charge in [-0.15, -0.1) is 0 Å². The van der Waals surface area contributed by atoms with Gasteiger partial charge in [0.2, 0.25) is 0 Å². The number of carbonyl (C=O) groups is 1. The molecular formula is C11H11NO2S. The normalized spacial score (nSPS) is 12.9. The summed E-state index contributed by atoms with van der Waals surface area (Å²) in [5.74, 6) is -0.886. The summed E-state index contributed by atoms with van der Waals surface area (Å²) in [6, 6.07) is 7.82. The molecule has 2 rings (SSSR count). The van der Waals surface area contributed by atoms with Gasteiger partial charge in [-0.3, -0.25) is 4.79 Å². The van der Waals surface area contributed by atoms with Crippen molar-refractivity contribution < 1.29 is 9.90 Å². The van der Waals surface area contributed by atoms with Crippen molar-refractivity contribution in [2.75, 3.05) is 0 Å². The Kier molecular flexibility index (Phi) is 2.68. The second-order valence-corrected chi connectivity index (χ2v) is 4.04. The lowest BCUT2D eigenvalue weighted by Gasteiger charge is -2.03. The van der Waals surface area contributed by atoms with Gasteiger partial charge in [-0.05, 0) is 18.1 Å².